The fourth-order valence-corrected chi connectivity index (χ4v) is 3.34. The average Bonchev–Trinajstić information content (AvgIpc) is 2.52. The van der Waals surface area contributed by atoms with E-state index in [1.54, 1.807) is 18.3 Å². The van der Waals surface area contributed by atoms with E-state index >= 15 is 0 Å². The lowest BCUT2D eigenvalue weighted by Gasteiger charge is -2.25. The van der Waals surface area contributed by atoms with Gasteiger partial charge in [0.1, 0.15) is 0 Å². The molecular weight excluding hydrogens is 208 g/mol. The van der Waals surface area contributed by atoms with Gasteiger partial charge in [-0.05, 0) is 25.5 Å². The van der Waals surface area contributed by atoms with E-state index in [2.05, 4.69) is 11.8 Å². The molecule has 0 atom stereocenters. The number of nitrogen functional groups attached to an aromatic ring is 1. The molecule has 1 aromatic rings. The van der Waals surface area contributed by atoms with Crippen molar-refractivity contribution in [2.24, 2.45) is 0 Å². The second-order valence-electron chi connectivity index (χ2n) is 3.92. The number of rotatable bonds is 2. The Morgan fingerprint density at radius 3 is 2.93 bits per heavy atom. The number of anilines is 1. The number of likely N-dealkylation sites (N-methyl/N-ethyl adjacent to an activating group) is 1. The number of nitrogens with two attached hydrogens (primary N) is 1. The van der Waals surface area contributed by atoms with E-state index in [4.69, 9.17) is 5.73 Å². The maximum atomic E-state index is 11.5. The van der Waals surface area contributed by atoms with Crippen LogP contribution in [0.3, 0.4) is 0 Å². The van der Waals surface area contributed by atoms with Gasteiger partial charge < -0.3 is 5.73 Å². The maximum absolute atomic E-state index is 11.5. The van der Waals surface area contributed by atoms with Gasteiger partial charge in [0, 0.05) is 18.0 Å². The highest BCUT2D eigenvalue weighted by Gasteiger charge is 2.24. The fourth-order valence-electron chi connectivity index (χ4n) is 2.13. The Bertz CT molecular complexity index is 398. The Kier molecular flexibility index (Phi) is 2.80. The first-order valence-corrected chi connectivity index (χ1v) is 6.08. The standard InChI is InChI=1S/C11H16N2OS/c1-3-13-5-4-8-9(6-13)15-11(12)10(8)7(2)14/h3-6,12H2,1-2H3. The van der Waals surface area contributed by atoms with Crippen molar-refractivity contribution in [3.05, 3.63) is 16.0 Å². The molecule has 82 valence electrons. The highest BCUT2D eigenvalue weighted by Crippen LogP contribution is 2.35. The van der Waals surface area contributed by atoms with Crippen LogP contribution < -0.4 is 5.73 Å². The number of nitrogens with zero attached hydrogens (tertiary/aromatic N) is 1. The zero-order valence-corrected chi connectivity index (χ0v) is 9.99. The molecule has 0 radical (unpaired) electrons. The summed E-state index contributed by atoms with van der Waals surface area (Å²) in [5.74, 6) is 0.106. The molecular formula is C11H16N2OS. The maximum Gasteiger partial charge on any atom is 0.163 e. The molecule has 0 amide bonds. The number of carbonyl (C=O) groups is 1. The molecule has 0 fully saturated rings. The monoisotopic (exact) mass is 224 g/mol. The van der Waals surface area contributed by atoms with E-state index < -0.39 is 0 Å². The zero-order chi connectivity index (χ0) is 11.0. The summed E-state index contributed by atoms with van der Waals surface area (Å²) in [6.45, 7) is 6.82. The predicted octanol–water partition coefficient (Wildman–Crippen LogP) is 1.91. The highest BCUT2D eigenvalue weighted by molar-refractivity contribution is 7.16. The van der Waals surface area contributed by atoms with Crippen molar-refractivity contribution in [2.45, 2.75) is 26.8 Å². The van der Waals surface area contributed by atoms with E-state index in [1.807, 2.05) is 0 Å². The van der Waals surface area contributed by atoms with Gasteiger partial charge in [0.05, 0.1) is 10.6 Å². The minimum atomic E-state index is 0.106. The van der Waals surface area contributed by atoms with E-state index in [-0.39, 0.29) is 5.78 Å². The minimum absolute atomic E-state index is 0.106. The number of carbonyl (C=O) groups excluding carboxylic acids is 1. The summed E-state index contributed by atoms with van der Waals surface area (Å²) in [4.78, 5) is 15.1. The Labute approximate surface area is 93.9 Å². The van der Waals surface area contributed by atoms with E-state index in [0.717, 1.165) is 31.6 Å². The summed E-state index contributed by atoms with van der Waals surface area (Å²) in [5, 5.41) is 0.699. The van der Waals surface area contributed by atoms with Crippen molar-refractivity contribution in [1.82, 2.24) is 4.90 Å². The van der Waals surface area contributed by atoms with Crippen LogP contribution >= 0.6 is 11.3 Å². The lowest BCUT2D eigenvalue weighted by Crippen LogP contribution is -2.29. The van der Waals surface area contributed by atoms with E-state index in [1.165, 1.54) is 10.4 Å². The quantitative estimate of drug-likeness (QED) is 0.781. The lowest BCUT2D eigenvalue weighted by molar-refractivity contribution is 0.101. The zero-order valence-electron chi connectivity index (χ0n) is 9.17. The molecule has 1 aliphatic rings. The first-order valence-electron chi connectivity index (χ1n) is 5.26. The minimum Gasteiger partial charge on any atom is -0.390 e. The SMILES string of the molecule is CCN1CCc2c(sc(N)c2C(C)=O)C1. The van der Waals surface area contributed by atoms with Crippen LogP contribution in [0.25, 0.3) is 0 Å². The molecule has 0 unspecified atom stereocenters. The van der Waals surface area contributed by atoms with Crippen LogP contribution in [0.4, 0.5) is 5.00 Å². The predicted molar refractivity (Wildman–Crippen MR) is 63.4 cm³/mol. The summed E-state index contributed by atoms with van der Waals surface area (Å²) < 4.78 is 0. The number of fused-ring (bicyclic) bond motifs is 1. The van der Waals surface area contributed by atoms with E-state index in [0.29, 0.717) is 5.00 Å². The van der Waals surface area contributed by atoms with Crippen LogP contribution in [-0.4, -0.2) is 23.8 Å². The third-order valence-electron chi connectivity index (χ3n) is 2.96. The molecule has 0 aromatic carbocycles. The largest absolute Gasteiger partial charge is 0.390 e. The van der Waals surface area contributed by atoms with Gasteiger partial charge in [0.15, 0.2) is 5.78 Å². The third kappa shape index (κ3) is 1.79. The van der Waals surface area contributed by atoms with Gasteiger partial charge in [-0.15, -0.1) is 11.3 Å². The number of hydrogen-bond acceptors (Lipinski definition) is 4. The average molecular weight is 224 g/mol. The van der Waals surface area contributed by atoms with Crippen LogP contribution in [0.15, 0.2) is 0 Å². The van der Waals surface area contributed by atoms with Gasteiger partial charge in [0.2, 0.25) is 0 Å². The molecule has 0 spiro atoms. The number of thiophene rings is 1. The van der Waals surface area contributed by atoms with Crippen molar-refractivity contribution in [1.29, 1.82) is 0 Å². The van der Waals surface area contributed by atoms with Gasteiger partial charge in [-0.3, -0.25) is 9.69 Å². The second kappa shape index (κ2) is 3.94. The molecule has 1 aliphatic heterocycles. The van der Waals surface area contributed by atoms with Crippen molar-refractivity contribution in [2.75, 3.05) is 18.8 Å². The number of Topliss-reactive ketones (excluding diaryl/α,β-unsaturated/α-hetero) is 1. The summed E-state index contributed by atoms with van der Waals surface area (Å²) in [6.07, 6.45) is 0.964. The Balaban J connectivity index is 2.39. The summed E-state index contributed by atoms with van der Waals surface area (Å²) >= 11 is 1.58. The second-order valence-corrected chi connectivity index (χ2v) is 5.05. The first-order chi connectivity index (χ1) is 7.13. The Hall–Kier alpha value is -0.870. The summed E-state index contributed by atoms with van der Waals surface area (Å²) in [6, 6.07) is 0. The molecule has 2 N–H and O–H groups in total. The molecule has 3 nitrogen and oxygen atoms in total. The van der Waals surface area contributed by atoms with Crippen molar-refractivity contribution < 1.29 is 4.79 Å². The molecule has 0 saturated carbocycles. The van der Waals surface area contributed by atoms with Crippen LogP contribution in [-0.2, 0) is 13.0 Å². The van der Waals surface area contributed by atoms with Crippen LogP contribution in [0.5, 0.6) is 0 Å². The van der Waals surface area contributed by atoms with Crippen molar-refractivity contribution in [3.8, 4) is 0 Å². The number of hydrogen-bond donors (Lipinski definition) is 1. The van der Waals surface area contributed by atoms with Crippen molar-refractivity contribution in [3.63, 3.8) is 0 Å². The summed E-state index contributed by atoms with van der Waals surface area (Å²) in [5.41, 5.74) is 7.87. The smallest absolute Gasteiger partial charge is 0.163 e. The highest BCUT2D eigenvalue weighted by atomic mass is 32.1. The van der Waals surface area contributed by atoms with Crippen molar-refractivity contribution >= 4 is 22.1 Å². The molecule has 0 saturated heterocycles. The number of ketones is 1. The van der Waals surface area contributed by atoms with Gasteiger partial charge in [-0.25, -0.2) is 0 Å². The van der Waals surface area contributed by atoms with Crippen LogP contribution in [0.2, 0.25) is 0 Å². The molecule has 15 heavy (non-hydrogen) atoms. The van der Waals surface area contributed by atoms with Gasteiger partial charge in [0.25, 0.3) is 0 Å². The Morgan fingerprint density at radius 1 is 1.60 bits per heavy atom. The van der Waals surface area contributed by atoms with Crippen LogP contribution in [0.1, 0.15) is 34.6 Å². The topological polar surface area (TPSA) is 46.3 Å². The normalized spacial score (nSPS) is 16.4. The molecule has 1 aromatic heterocycles. The molecule has 0 aliphatic carbocycles. The van der Waals surface area contributed by atoms with Crippen LogP contribution in [0, 0.1) is 0 Å². The lowest BCUT2D eigenvalue weighted by atomic mass is 10.0. The molecule has 4 heteroatoms. The first kappa shape index (κ1) is 10.6. The summed E-state index contributed by atoms with van der Waals surface area (Å²) in [7, 11) is 0. The fraction of sp³-hybridized carbons (Fsp3) is 0.545. The Morgan fingerprint density at radius 2 is 2.33 bits per heavy atom. The van der Waals surface area contributed by atoms with Gasteiger partial charge in [-0.2, -0.15) is 0 Å². The molecule has 0 bridgehead atoms. The molecule has 2 heterocycles. The van der Waals surface area contributed by atoms with Gasteiger partial charge in [-0.1, -0.05) is 6.92 Å². The molecule has 2 rings (SSSR count). The third-order valence-corrected chi connectivity index (χ3v) is 4.01. The van der Waals surface area contributed by atoms with Gasteiger partial charge >= 0.3 is 0 Å². The van der Waals surface area contributed by atoms with E-state index in [9.17, 15) is 4.79 Å².